The number of aliphatic carboxylic acids is 1. The largest absolute Gasteiger partial charge is 0.480 e. The Bertz CT molecular complexity index is 601. The molecule has 1 amide bonds. The zero-order valence-electron chi connectivity index (χ0n) is 11.3. The van der Waals surface area contributed by atoms with Gasteiger partial charge in [0.25, 0.3) is 0 Å². The number of halogens is 2. The van der Waals surface area contributed by atoms with E-state index in [9.17, 15) is 18.4 Å². The topological polar surface area (TPSA) is 57.6 Å². The third kappa shape index (κ3) is 2.89. The van der Waals surface area contributed by atoms with Gasteiger partial charge in [-0.2, -0.15) is 0 Å². The van der Waals surface area contributed by atoms with Crippen molar-refractivity contribution in [3.05, 3.63) is 35.4 Å². The zero-order valence-corrected chi connectivity index (χ0v) is 11.3. The molecule has 1 N–H and O–H groups in total. The Balaban J connectivity index is 1.71. The molecule has 0 aliphatic heterocycles. The molecule has 2 unspecified atom stereocenters. The maximum atomic E-state index is 13.7. The number of carboxylic acid groups (broad SMARTS) is 1. The lowest BCUT2D eigenvalue weighted by molar-refractivity contribution is -0.145. The van der Waals surface area contributed by atoms with E-state index in [1.807, 2.05) is 0 Å². The lowest BCUT2D eigenvalue weighted by Crippen LogP contribution is -2.38. The van der Waals surface area contributed by atoms with Crippen LogP contribution in [0.5, 0.6) is 0 Å². The summed E-state index contributed by atoms with van der Waals surface area (Å²) in [5, 5.41) is 8.87. The smallest absolute Gasteiger partial charge is 0.323 e. The van der Waals surface area contributed by atoms with Gasteiger partial charge in [-0.05, 0) is 36.8 Å². The van der Waals surface area contributed by atoms with Crippen LogP contribution >= 0.6 is 0 Å². The molecule has 2 aliphatic carbocycles. The first-order valence-corrected chi connectivity index (χ1v) is 6.94. The van der Waals surface area contributed by atoms with Crippen molar-refractivity contribution in [2.45, 2.75) is 31.2 Å². The first-order valence-electron chi connectivity index (χ1n) is 6.94. The molecule has 4 nitrogen and oxygen atoms in total. The van der Waals surface area contributed by atoms with Crippen molar-refractivity contribution in [1.29, 1.82) is 0 Å². The number of hydrogen-bond acceptors (Lipinski definition) is 2. The van der Waals surface area contributed by atoms with Gasteiger partial charge in [0.2, 0.25) is 5.91 Å². The summed E-state index contributed by atoms with van der Waals surface area (Å²) in [7, 11) is 0. The highest BCUT2D eigenvalue weighted by atomic mass is 19.1. The van der Waals surface area contributed by atoms with Crippen molar-refractivity contribution in [2.75, 3.05) is 6.54 Å². The minimum Gasteiger partial charge on any atom is -0.480 e. The molecule has 2 saturated carbocycles. The molecule has 2 aliphatic rings. The summed E-state index contributed by atoms with van der Waals surface area (Å²) >= 11 is 0. The highest BCUT2D eigenvalue weighted by Crippen LogP contribution is 2.50. The second-order valence-corrected chi connectivity index (χ2v) is 5.71. The molecule has 3 rings (SSSR count). The first-order chi connectivity index (χ1) is 9.97. The maximum Gasteiger partial charge on any atom is 0.323 e. The standard InChI is InChI=1S/C15H15F2NO3/c16-8-1-4-10(13(17)5-8)11-6-12(11)15(21)18(7-14(19)20)9-2-3-9/h1,4-5,9,11-12H,2-3,6-7H2,(H,19,20). The van der Waals surface area contributed by atoms with Gasteiger partial charge in [-0.3, -0.25) is 9.59 Å². The van der Waals surface area contributed by atoms with E-state index >= 15 is 0 Å². The molecule has 0 bridgehead atoms. The van der Waals surface area contributed by atoms with E-state index in [-0.39, 0.29) is 30.3 Å². The summed E-state index contributed by atoms with van der Waals surface area (Å²) < 4.78 is 26.6. The van der Waals surface area contributed by atoms with Crippen molar-refractivity contribution >= 4 is 11.9 Å². The van der Waals surface area contributed by atoms with Crippen LogP contribution in [0.2, 0.25) is 0 Å². The third-order valence-electron chi connectivity index (χ3n) is 4.05. The van der Waals surface area contributed by atoms with Crippen LogP contribution in [0.25, 0.3) is 0 Å². The molecule has 0 spiro atoms. The molecule has 21 heavy (non-hydrogen) atoms. The second-order valence-electron chi connectivity index (χ2n) is 5.71. The Kier molecular flexibility index (Phi) is 3.39. The SMILES string of the molecule is O=C(O)CN(C(=O)C1CC1c1ccc(F)cc1F)C1CC1. The van der Waals surface area contributed by atoms with Gasteiger partial charge in [-0.1, -0.05) is 6.07 Å². The van der Waals surface area contributed by atoms with Crippen LogP contribution in [-0.2, 0) is 9.59 Å². The predicted octanol–water partition coefficient (Wildman–Crippen LogP) is 2.14. The third-order valence-corrected chi connectivity index (χ3v) is 4.05. The number of hydrogen-bond donors (Lipinski definition) is 1. The molecular formula is C15H15F2NO3. The quantitative estimate of drug-likeness (QED) is 0.905. The molecule has 6 heteroatoms. The normalized spacial score (nSPS) is 23.7. The van der Waals surface area contributed by atoms with Gasteiger partial charge in [0, 0.05) is 18.0 Å². The summed E-state index contributed by atoms with van der Waals surface area (Å²) in [5.74, 6) is -3.22. The van der Waals surface area contributed by atoms with E-state index < -0.39 is 17.6 Å². The summed E-state index contributed by atoms with van der Waals surface area (Å²) in [6.07, 6.45) is 2.13. The van der Waals surface area contributed by atoms with Gasteiger partial charge in [-0.15, -0.1) is 0 Å². The minimum atomic E-state index is -1.04. The summed E-state index contributed by atoms with van der Waals surface area (Å²) in [6.45, 7) is -0.307. The average molecular weight is 295 g/mol. The van der Waals surface area contributed by atoms with Gasteiger partial charge >= 0.3 is 5.97 Å². The van der Waals surface area contributed by atoms with Gasteiger partial charge in [0.05, 0.1) is 0 Å². The highest BCUT2D eigenvalue weighted by molar-refractivity contribution is 5.86. The number of carbonyl (C=O) groups excluding carboxylic acids is 1. The molecule has 0 heterocycles. The lowest BCUT2D eigenvalue weighted by atomic mass is 10.1. The Morgan fingerprint density at radius 3 is 2.57 bits per heavy atom. The Hall–Kier alpha value is -1.98. The van der Waals surface area contributed by atoms with Gasteiger partial charge < -0.3 is 10.0 Å². The van der Waals surface area contributed by atoms with E-state index in [0.29, 0.717) is 12.0 Å². The fraction of sp³-hybridized carbons (Fsp3) is 0.467. The summed E-state index contributed by atoms with van der Waals surface area (Å²) in [5.41, 5.74) is 0.334. The van der Waals surface area contributed by atoms with Crippen molar-refractivity contribution in [3.63, 3.8) is 0 Å². The molecule has 1 aromatic rings. The van der Waals surface area contributed by atoms with Gasteiger partial charge in [0.15, 0.2) is 0 Å². The number of rotatable bonds is 5. The van der Waals surface area contributed by atoms with Crippen LogP contribution in [0.15, 0.2) is 18.2 Å². The summed E-state index contributed by atoms with van der Waals surface area (Å²) in [6, 6.07) is 3.36. The van der Waals surface area contributed by atoms with Crippen molar-refractivity contribution in [3.8, 4) is 0 Å². The molecular weight excluding hydrogens is 280 g/mol. The highest BCUT2D eigenvalue weighted by Gasteiger charge is 2.49. The molecule has 112 valence electrons. The predicted molar refractivity (Wildman–Crippen MR) is 69.6 cm³/mol. The average Bonchev–Trinajstić information content (AvgIpc) is 3.27. The van der Waals surface area contributed by atoms with E-state index in [1.54, 1.807) is 0 Å². The molecule has 1 aromatic carbocycles. The number of amides is 1. The van der Waals surface area contributed by atoms with Gasteiger partial charge in [0.1, 0.15) is 18.2 Å². The van der Waals surface area contributed by atoms with Crippen molar-refractivity contribution in [1.82, 2.24) is 4.90 Å². The maximum absolute atomic E-state index is 13.7. The molecule has 0 radical (unpaired) electrons. The van der Waals surface area contributed by atoms with E-state index in [4.69, 9.17) is 5.11 Å². The number of carbonyl (C=O) groups is 2. The van der Waals surface area contributed by atoms with Crippen LogP contribution < -0.4 is 0 Å². The fourth-order valence-electron chi connectivity index (χ4n) is 2.75. The van der Waals surface area contributed by atoms with Crippen molar-refractivity contribution < 1.29 is 23.5 Å². The number of nitrogens with zero attached hydrogens (tertiary/aromatic N) is 1. The Labute approximate surface area is 120 Å². The zero-order chi connectivity index (χ0) is 15.1. The van der Waals surface area contributed by atoms with Crippen LogP contribution in [0, 0.1) is 17.6 Å². The lowest BCUT2D eigenvalue weighted by Gasteiger charge is -2.20. The van der Waals surface area contributed by atoms with Crippen LogP contribution in [0.1, 0.15) is 30.7 Å². The fourth-order valence-corrected chi connectivity index (χ4v) is 2.75. The number of carboxylic acids is 1. The van der Waals surface area contributed by atoms with E-state index in [2.05, 4.69) is 0 Å². The number of benzene rings is 1. The minimum absolute atomic E-state index is 0.00733. The molecule has 2 fully saturated rings. The van der Waals surface area contributed by atoms with E-state index in [0.717, 1.165) is 18.9 Å². The molecule has 0 aromatic heterocycles. The van der Waals surface area contributed by atoms with Crippen LogP contribution in [-0.4, -0.2) is 34.5 Å². The monoisotopic (exact) mass is 295 g/mol. The van der Waals surface area contributed by atoms with E-state index in [1.165, 1.54) is 17.0 Å². The Morgan fingerprint density at radius 2 is 2.00 bits per heavy atom. The second kappa shape index (κ2) is 5.09. The van der Waals surface area contributed by atoms with Crippen LogP contribution in [0.4, 0.5) is 8.78 Å². The van der Waals surface area contributed by atoms with Crippen LogP contribution in [0.3, 0.4) is 0 Å². The van der Waals surface area contributed by atoms with Crippen molar-refractivity contribution in [2.24, 2.45) is 5.92 Å². The molecule has 0 saturated heterocycles. The Morgan fingerprint density at radius 1 is 1.29 bits per heavy atom. The van der Waals surface area contributed by atoms with Gasteiger partial charge in [-0.25, -0.2) is 8.78 Å². The molecule has 2 atom stereocenters. The first kappa shape index (κ1) is 14.0. The summed E-state index contributed by atoms with van der Waals surface area (Å²) in [4.78, 5) is 24.6.